The van der Waals surface area contributed by atoms with E-state index in [0.29, 0.717) is 17.4 Å². The van der Waals surface area contributed by atoms with Crippen LogP contribution >= 0.6 is 12.2 Å². The summed E-state index contributed by atoms with van der Waals surface area (Å²) in [6, 6.07) is 2.93. The molecule has 1 heterocycles. The molecule has 1 aliphatic carbocycles. The number of carbonyl (C=O) groups is 2. The van der Waals surface area contributed by atoms with Crippen molar-refractivity contribution in [2.75, 3.05) is 16.8 Å². The molecule has 4 rings (SSSR count). The second kappa shape index (κ2) is 7.81. The largest absolute Gasteiger partial charge is 0.417 e. The van der Waals surface area contributed by atoms with E-state index >= 15 is 0 Å². The highest BCUT2D eigenvalue weighted by Crippen LogP contribution is 2.48. The Morgan fingerprint density at radius 3 is 2.61 bits per heavy atom. The lowest BCUT2D eigenvalue weighted by atomic mass is 9.75. The minimum absolute atomic E-state index is 0.0452. The number of carbonyl (C=O) groups excluding carboxylic acids is 2. The number of anilines is 2. The van der Waals surface area contributed by atoms with Crippen LogP contribution in [0, 0.1) is 17.1 Å². The number of rotatable bonds is 3. The zero-order chi connectivity index (χ0) is 28.4. The molecule has 1 aliphatic heterocycles. The van der Waals surface area contributed by atoms with Crippen molar-refractivity contribution in [1.82, 2.24) is 5.32 Å². The Bertz CT molecular complexity index is 1440. The van der Waals surface area contributed by atoms with Gasteiger partial charge in [0.15, 0.2) is 5.11 Å². The number of hydrogen-bond acceptors (Lipinski definition) is 4. The first-order valence-corrected chi connectivity index (χ1v) is 9.86. The number of hydrogen-bond donors (Lipinski definition) is 1. The van der Waals surface area contributed by atoms with Gasteiger partial charge >= 0.3 is 6.18 Å². The van der Waals surface area contributed by atoms with Crippen LogP contribution in [0.25, 0.3) is 0 Å². The van der Waals surface area contributed by atoms with Crippen LogP contribution in [0.1, 0.15) is 47.6 Å². The molecule has 2 fully saturated rings. The number of benzene rings is 2. The Morgan fingerprint density at radius 1 is 1.33 bits per heavy atom. The maximum absolute atomic E-state index is 14.9. The first-order chi connectivity index (χ1) is 17.5. The van der Waals surface area contributed by atoms with Gasteiger partial charge in [-0.15, -0.1) is 0 Å². The van der Waals surface area contributed by atoms with Crippen LogP contribution in [0.15, 0.2) is 36.4 Å². The SMILES string of the molecule is [2H]c1cc(C#N)c(C(F)(F)F)c([2H])c1N1C(=O)C2(CCC2)N(c2ccc(C(=O)NC([2H])([2H])[2H])c(F)c2)C1=S. The van der Waals surface area contributed by atoms with Crippen molar-refractivity contribution in [2.24, 2.45) is 0 Å². The predicted octanol–water partition coefficient (Wildman–Crippen LogP) is 4.14. The fraction of sp³-hybridized carbons (Fsp3) is 0.273. The van der Waals surface area contributed by atoms with E-state index in [1.54, 1.807) is 5.32 Å². The number of alkyl halides is 3. The van der Waals surface area contributed by atoms with E-state index in [-0.39, 0.29) is 18.5 Å². The monoisotopic (exact) mass is 481 g/mol. The summed E-state index contributed by atoms with van der Waals surface area (Å²) < 4.78 is 93.8. The second-order valence-corrected chi connectivity index (χ2v) is 7.79. The minimum Gasteiger partial charge on any atom is -0.355 e. The molecule has 2 aromatic rings. The molecule has 6 nitrogen and oxygen atoms in total. The van der Waals surface area contributed by atoms with Crippen LogP contribution in [0.3, 0.4) is 0 Å². The zero-order valence-electron chi connectivity index (χ0n) is 21.5. The highest BCUT2D eigenvalue weighted by Gasteiger charge is 2.59. The van der Waals surface area contributed by atoms with Crippen molar-refractivity contribution >= 4 is 40.5 Å². The standard InChI is InChI=1S/C22H16F4N4O2S/c1-28-18(31)15-6-5-14(10-17(15)23)30-20(33)29(19(32)21(30)7-2-8-21)13-4-3-12(11-27)16(9-13)22(24,25)26/h3-6,9-10H,2,7-8H2,1H3,(H,28,31)/i1D3,4D,9D. The van der Waals surface area contributed by atoms with Gasteiger partial charge in [0.05, 0.1) is 31.2 Å². The van der Waals surface area contributed by atoms with Crippen molar-refractivity contribution in [2.45, 2.75) is 31.0 Å². The van der Waals surface area contributed by atoms with Crippen LogP contribution in [0.5, 0.6) is 0 Å². The molecule has 1 saturated heterocycles. The van der Waals surface area contributed by atoms with Gasteiger partial charge in [0, 0.05) is 16.8 Å². The molecule has 1 N–H and O–H groups in total. The summed E-state index contributed by atoms with van der Waals surface area (Å²) in [5, 5.41) is 10.4. The van der Waals surface area contributed by atoms with E-state index in [4.69, 9.17) is 24.3 Å². The number of nitriles is 1. The van der Waals surface area contributed by atoms with Gasteiger partial charge in [-0.05, 0) is 67.8 Å². The molecule has 0 unspecified atom stereocenters. The van der Waals surface area contributed by atoms with Gasteiger partial charge in [-0.2, -0.15) is 18.4 Å². The summed E-state index contributed by atoms with van der Waals surface area (Å²) in [4.78, 5) is 27.6. The Balaban J connectivity index is 1.83. The van der Waals surface area contributed by atoms with E-state index < -0.39 is 75.9 Å². The van der Waals surface area contributed by atoms with Crippen LogP contribution in [-0.4, -0.2) is 29.4 Å². The quantitative estimate of drug-likeness (QED) is 0.527. The number of thiocarbonyl (C=S) groups is 1. The molecule has 1 saturated carbocycles. The van der Waals surface area contributed by atoms with Crippen LogP contribution in [-0.2, 0) is 11.0 Å². The van der Waals surface area contributed by atoms with Gasteiger partial charge in [0.1, 0.15) is 11.4 Å². The van der Waals surface area contributed by atoms with Gasteiger partial charge in [0.25, 0.3) is 11.8 Å². The fourth-order valence-corrected chi connectivity index (χ4v) is 4.39. The van der Waals surface area contributed by atoms with Crippen molar-refractivity contribution in [1.29, 1.82) is 5.26 Å². The summed E-state index contributed by atoms with van der Waals surface area (Å²) in [5.74, 6) is -3.19. The maximum Gasteiger partial charge on any atom is 0.417 e. The minimum atomic E-state index is -5.14. The van der Waals surface area contributed by atoms with E-state index in [0.717, 1.165) is 12.1 Å². The molecular weight excluding hydrogens is 460 g/mol. The molecule has 33 heavy (non-hydrogen) atoms. The van der Waals surface area contributed by atoms with Gasteiger partial charge in [-0.25, -0.2) is 4.39 Å². The molecule has 0 radical (unpaired) electrons. The second-order valence-electron chi connectivity index (χ2n) is 7.42. The molecule has 11 heteroatoms. The summed E-state index contributed by atoms with van der Waals surface area (Å²) in [5.41, 5.74) is -5.44. The third-order valence-corrected chi connectivity index (χ3v) is 6.02. The molecule has 2 aromatic carbocycles. The summed E-state index contributed by atoms with van der Waals surface area (Å²) in [6.45, 7) is -2.88. The Morgan fingerprint density at radius 2 is 2.06 bits per heavy atom. The number of nitrogens with zero attached hydrogens (tertiary/aromatic N) is 3. The zero-order valence-corrected chi connectivity index (χ0v) is 17.3. The summed E-state index contributed by atoms with van der Waals surface area (Å²) in [6.07, 6.45) is -4.27. The normalized spacial score (nSPS) is 19.8. The van der Waals surface area contributed by atoms with Crippen molar-refractivity contribution in [3.8, 4) is 6.07 Å². The highest BCUT2D eigenvalue weighted by molar-refractivity contribution is 7.81. The molecule has 0 bridgehead atoms. The van der Waals surface area contributed by atoms with E-state index in [9.17, 15) is 27.2 Å². The Hall–Kier alpha value is -3.52. The first-order valence-electron chi connectivity index (χ1n) is 12.0. The maximum atomic E-state index is 14.9. The van der Waals surface area contributed by atoms with Crippen LogP contribution in [0.2, 0.25) is 0 Å². The average molecular weight is 481 g/mol. The molecule has 1 spiro atoms. The fourth-order valence-electron chi connectivity index (χ4n) is 3.94. The third-order valence-electron chi connectivity index (χ3n) is 5.66. The smallest absolute Gasteiger partial charge is 0.355 e. The molecule has 2 aliphatic rings. The summed E-state index contributed by atoms with van der Waals surface area (Å²) >= 11 is 5.41. The molecule has 2 amide bonds. The average Bonchev–Trinajstić information content (AvgIpc) is 2.98. The number of halogens is 4. The van der Waals surface area contributed by atoms with Gasteiger partial charge in [-0.3, -0.25) is 14.5 Å². The lowest BCUT2D eigenvalue weighted by molar-refractivity contribution is -0.137. The molecule has 170 valence electrons. The lowest BCUT2D eigenvalue weighted by Gasteiger charge is -2.43. The van der Waals surface area contributed by atoms with Crippen molar-refractivity contribution in [3.05, 3.63) is 58.9 Å². The van der Waals surface area contributed by atoms with E-state index in [2.05, 4.69) is 0 Å². The number of nitrogens with one attached hydrogen (secondary N) is 1. The van der Waals surface area contributed by atoms with E-state index in [1.165, 1.54) is 17.0 Å². The third kappa shape index (κ3) is 3.41. The summed E-state index contributed by atoms with van der Waals surface area (Å²) in [7, 11) is 0. The predicted molar refractivity (Wildman–Crippen MR) is 115 cm³/mol. The van der Waals surface area contributed by atoms with Crippen molar-refractivity contribution in [3.63, 3.8) is 0 Å². The Kier molecular flexibility index (Phi) is 4.03. The van der Waals surface area contributed by atoms with Crippen molar-refractivity contribution < 1.29 is 34.0 Å². The molecular formula is C22H16F4N4O2S. The molecule has 0 atom stereocenters. The number of amides is 2. The van der Waals surface area contributed by atoms with Gasteiger partial charge < -0.3 is 10.2 Å². The van der Waals surface area contributed by atoms with Gasteiger partial charge in [0.2, 0.25) is 0 Å². The first kappa shape index (κ1) is 17.0. The lowest BCUT2D eigenvalue weighted by Crippen LogP contribution is -2.55. The highest BCUT2D eigenvalue weighted by atomic mass is 32.1. The topological polar surface area (TPSA) is 76.4 Å². The Labute approximate surface area is 198 Å². The van der Waals surface area contributed by atoms with Gasteiger partial charge in [-0.1, -0.05) is 0 Å². The molecule has 0 aromatic heterocycles. The van der Waals surface area contributed by atoms with Crippen LogP contribution in [0.4, 0.5) is 28.9 Å². The van der Waals surface area contributed by atoms with Crippen LogP contribution < -0.4 is 15.1 Å². The van der Waals surface area contributed by atoms with E-state index in [1.807, 2.05) is 0 Å².